The van der Waals surface area contributed by atoms with Crippen molar-refractivity contribution in [1.82, 2.24) is 4.90 Å². The quantitative estimate of drug-likeness (QED) is 0.218. The second-order valence-electron chi connectivity index (χ2n) is 11.1. The Kier molecular flexibility index (Phi) is 9.07. The maximum Gasteiger partial charge on any atom is 0.337 e. The molecule has 1 aliphatic rings. The van der Waals surface area contributed by atoms with Crippen molar-refractivity contribution in [3.8, 4) is 0 Å². The Labute approximate surface area is 243 Å². The molecule has 3 unspecified atom stereocenters. The largest absolute Gasteiger partial charge is 0.481 e. The fraction of sp³-hybridized carbons (Fsp3) is 0.452. The number of furan rings is 1. The first-order valence-electron chi connectivity index (χ1n) is 13.8. The van der Waals surface area contributed by atoms with E-state index in [4.69, 9.17) is 13.9 Å². The molecule has 3 aromatic rings. The van der Waals surface area contributed by atoms with Crippen LogP contribution in [0.3, 0.4) is 0 Å². The Morgan fingerprint density at radius 3 is 2.19 bits per heavy atom. The average molecular weight is 584 g/mol. The number of carbonyl (C=O) groups is 3. The van der Waals surface area contributed by atoms with Gasteiger partial charge in [0.2, 0.25) is 5.79 Å². The Morgan fingerprint density at radius 2 is 1.62 bits per heavy atom. The van der Waals surface area contributed by atoms with Crippen molar-refractivity contribution in [2.45, 2.75) is 56.0 Å². The van der Waals surface area contributed by atoms with Crippen molar-refractivity contribution >= 4 is 28.9 Å². The van der Waals surface area contributed by atoms with Crippen LogP contribution in [0.5, 0.6) is 0 Å². The van der Waals surface area contributed by atoms with Crippen LogP contribution in [-0.2, 0) is 41.7 Å². The lowest BCUT2D eigenvalue weighted by Crippen LogP contribution is -2.55. The Hall–Kier alpha value is -3.77. The van der Waals surface area contributed by atoms with Crippen LogP contribution in [0.4, 0.5) is 0 Å². The summed E-state index contributed by atoms with van der Waals surface area (Å²) in [6.07, 6.45) is -1.81. The molecule has 2 heterocycles. The van der Waals surface area contributed by atoms with Crippen molar-refractivity contribution < 1.29 is 48.7 Å². The number of carboxylic acid groups (broad SMARTS) is 3. The zero-order valence-corrected chi connectivity index (χ0v) is 23.9. The number of fused-ring (bicyclic) bond motifs is 3. The van der Waals surface area contributed by atoms with Gasteiger partial charge in [-0.1, -0.05) is 55.5 Å². The number of carboxylic acids is 3. The van der Waals surface area contributed by atoms with Crippen LogP contribution in [0.15, 0.2) is 59.0 Å². The number of hydrogen-bond donors (Lipinski definition) is 4. The highest BCUT2D eigenvalue weighted by Crippen LogP contribution is 2.50. The maximum absolute atomic E-state index is 12.7. The molecule has 11 heteroatoms. The van der Waals surface area contributed by atoms with Gasteiger partial charge in [0.25, 0.3) is 0 Å². The van der Waals surface area contributed by atoms with E-state index in [9.17, 15) is 34.8 Å². The van der Waals surface area contributed by atoms with Gasteiger partial charge in [0, 0.05) is 36.3 Å². The normalized spacial score (nSPS) is 19.3. The van der Waals surface area contributed by atoms with Crippen molar-refractivity contribution in [3.05, 3.63) is 71.5 Å². The minimum atomic E-state index is -2.72. The molecule has 0 fully saturated rings. The standard InChI is InChI=1S/C31H37NO10/c1-4-30(39,20-10-6-5-7-11-20)21(19-32(2)3)16-31(42-29(28(37)38,17-25(33)34)18-26(35)36)27-23(14-15-40-31)22-12-8-9-13-24(22)41-27/h5-13,21,39H,4,14-19H2,1-3H3,(H,33,34)(H,35,36)(H,37,38). The summed E-state index contributed by atoms with van der Waals surface area (Å²) in [6.45, 7) is 2.17. The third-order valence-corrected chi connectivity index (χ3v) is 7.94. The van der Waals surface area contributed by atoms with Crippen LogP contribution in [0.2, 0.25) is 0 Å². The summed E-state index contributed by atoms with van der Waals surface area (Å²) in [4.78, 5) is 38.5. The van der Waals surface area contributed by atoms with Crippen LogP contribution in [0.25, 0.3) is 11.0 Å². The third-order valence-electron chi connectivity index (χ3n) is 7.94. The molecule has 2 aromatic carbocycles. The number of aliphatic carboxylic acids is 3. The highest BCUT2D eigenvalue weighted by atomic mass is 16.7. The third kappa shape index (κ3) is 6.05. The van der Waals surface area contributed by atoms with Gasteiger partial charge in [-0.05, 0) is 32.1 Å². The number of benzene rings is 2. The van der Waals surface area contributed by atoms with E-state index in [2.05, 4.69) is 0 Å². The highest BCUT2D eigenvalue weighted by molar-refractivity contribution is 5.88. The van der Waals surface area contributed by atoms with Crippen LogP contribution in [0.1, 0.15) is 49.5 Å². The molecule has 3 atom stereocenters. The van der Waals surface area contributed by atoms with E-state index in [1.165, 1.54) is 0 Å². The first-order valence-corrected chi connectivity index (χ1v) is 13.8. The SMILES string of the molecule is CCC(O)(c1ccccc1)C(CN(C)C)CC1(OC(CC(=O)O)(CC(=O)O)C(=O)O)OCCc2c1oc1ccccc21. The topological polar surface area (TPSA) is 167 Å². The number of hydrogen-bond acceptors (Lipinski definition) is 8. The van der Waals surface area contributed by atoms with E-state index in [1.807, 2.05) is 44.1 Å². The minimum Gasteiger partial charge on any atom is -0.481 e. The van der Waals surface area contributed by atoms with Gasteiger partial charge in [-0.25, -0.2) is 4.79 Å². The zero-order chi connectivity index (χ0) is 30.7. The van der Waals surface area contributed by atoms with Crippen LogP contribution >= 0.6 is 0 Å². The number of aliphatic hydroxyl groups is 1. The molecule has 4 N–H and O–H groups in total. The van der Waals surface area contributed by atoms with Crippen molar-refractivity contribution in [1.29, 1.82) is 0 Å². The fourth-order valence-corrected chi connectivity index (χ4v) is 6.05. The maximum atomic E-state index is 12.7. The molecular formula is C31H37NO10. The van der Waals surface area contributed by atoms with Gasteiger partial charge in [-0.2, -0.15) is 0 Å². The molecule has 0 radical (unpaired) electrons. The fourth-order valence-electron chi connectivity index (χ4n) is 6.05. The van der Waals surface area contributed by atoms with Gasteiger partial charge in [-0.15, -0.1) is 0 Å². The molecule has 0 saturated heterocycles. The molecule has 0 spiro atoms. The van der Waals surface area contributed by atoms with Crippen LogP contribution in [-0.4, -0.2) is 76.1 Å². The molecule has 11 nitrogen and oxygen atoms in total. The van der Waals surface area contributed by atoms with E-state index in [1.54, 1.807) is 36.4 Å². The first-order chi connectivity index (χ1) is 19.9. The van der Waals surface area contributed by atoms with Gasteiger partial charge < -0.3 is 39.2 Å². The lowest BCUT2D eigenvalue weighted by Gasteiger charge is -2.46. The Bertz CT molecular complexity index is 1420. The molecular weight excluding hydrogens is 546 g/mol. The lowest BCUT2D eigenvalue weighted by atomic mass is 9.74. The van der Waals surface area contributed by atoms with Crippen LogP contribution in [0, 0.1) is 5.92 Å². The summed E-state index contributed by atoms with van der Waals surface area (Å²) in [6, 6.07) is 16.2. The van der Waals surface area contributed by atoms with E-state index < -0.39 is 53.7 Å². The Morgan fingerprint density at radius 1 is 1.00 bits per heavy atom. The van der Waals surface area contributed by atoms with Gasteiger partial charge >= 0.3 is 17.9 Å². The van der Waals surface area contributed by atoms with Crippen molar-refractivity contribution in [3.63, 3.8) is 0 Å². The predicted molar refractivity (Wildman–Crippen MR) is 151 cm³/mol. The molecule has 0 amide bonds. The molecule has 42 heavy (non-hydrogen) atoms. The number of ether oxygens (including phenoxy) is 2. The number of para-hydroxylation sites is 1. The molecule has 4 rings (SSSR count). The zero-order valence-electron chi connectivity index (χ0n) is 23.9. The number of rotatable bonds is 14. The predicted octanol–water partition coefficient (Wildman–Crippen LogP) is 3.81. The van der Waals surface area contributed by atoms with Gasteiger partial charge in [0.15, 0.2) is 11.4 Å². The van der Waals surface area contributed by atoms with Gasteiger partial charge in [-0.3, -0.25) is 9.59 Å². The van der Waals surface area contributed by atoms with E-state index in [0.717, 1.165) is 5.39 Å². The molecule has 226 valence electrons. The average Bonchev–Trinajstić information content (AvgIpc) is 3.32. The van der Waals surface area contributed by atoms with E-state index >= 15 is 0 Å². The molecule has 0 saturated carbocycles. The summed E-state index contributed by atoms with van der Waals surface area (Å²) < 4.78 is 18.8. The van der Waals surface area contributed by atoms with E-state index in [-0.39, 0.29) is 25.2 Å². The summed E-state index contributed by atoms with van der Waals surface area (Å²) in [7, 11) is 3.65. The summed E-state index contributed by atoms with van der Waals surface area (Å²) in [5.74, 6) is -7.49. The van der Waals surface area contributed by atoms with Crippen molar-refractivity contribution in [2.24, 2.45) is 5.92 Å². The number of nitrogens with zero attached hydrogens (tertiary/aromatic N) is 1. The summed E-state index contributed by atoms with van der Waals surface area (Å²) in [5.41, 5.74) is -2.39. The minimum absolute atomic E-state index is 0.0525. The van der Waals surface area contributed by atoms with Gasteiger partial charge in [0.05, 0.1) is 25.0 Å². The molecule has 0 bridgehead atoms. The lowest BCUT2D eigenvalue weighted by molar-refractivity contribution is -0.321. The second-order valence-corrected chi connectivity index (χ2v) is 11.1. The van der Waals surface area contributed by atoms with Gasteiger partial charge in [0.1, 0.15) is 5.58 Å². The first kappa shape index (κ1) is 31.2. The van der Waals surface area contributed by atoms with E-state index in [0.29, 0.717) is 29.7 Å². The molecule has 1 aliphatic heterocycles. The monoisotopic (exact) mass is 583 g/mol. The summed E-state index contributed by atoms with van der Waals surface area (Å²) in [5, 5.41) is 42.7. The molecule has 1 aromatic heterocycles. The van der Waals surface area contributed by atoms with Crippen LogP contribution < -0.4 is 0 Å². The summed E-state index contributed by atoms with van der Waals surface area (Å²) >= 11 is 0. The second kappa shape index (κ2) is 12.2. The Balaban J connectivity index is 1.97. The van der Waals surface area contributed by atoms with Crippen molar-refractivity contribution in [2.75, 3.05) is 27.2 Å². The smallest absolute Gasteiger partial charge is 0.337 e. The highest BCUT2D eigenvalue weighted by Gasteiger charge is 2.57. The molecule has 0 aliphatic carbocycles.